The molecule has 1 heterocycles. The van der Waals surface area contributed by atoms with Crippen LogP contribution in [0.4, 0.5) is 5.82 Å². The molecule has 1 aromatic heterocycles. The molecule has 1 aliphatic carbocycles. The first-order valence-electron chi connectivity index (χ1n) is 7.16. The van der Waals surface area contributed by atoms with Gasteiger partial charge in [0, 0.05) is 25.5 Å². The molecular weight excluding hydrogens is 282 g/mol. The molecule has 0 aliphatic heterocycles. The lowest BCUT2D eigenvalue weighted by molar-refractivity contribution is -0.126. The van der Waals surface area contributed by atoms with Gasteiger partial charge in [-0.25, -0.2) is 4.98 Å². The van der Waals surface area contributed by atoms with Gasteiger partial charge in [0.05, 0.1) is 0 Å². The van der Waals surface area contributed by atoms with Gasteiger partial charge in [0.15, 0.2) is 11.9 Å². The van der Waals surface area contributed by atoms with Crippen molar-refractivity contribution in [3.05, 3.63) is 58.6 Å². The number of hydrogen-bond donors (Lipinski definition) is 1. The van der Waals surface area contributed by atoms with E-state index in [1.165, 1.54) is 13.3 Å². The molecule has 0 unspecified atom stereocenters. The molecule has 0 saturated heterocycles. The summed E-state index contributed by atoms with van der Waals surface area (Å²) in [6.45, 7) is 0. The molecule has 1 fully saturated rings. The molecule has 3 rings (SSSR count). The highest BCUT2D eigenvalue weighted by Gasteiger charge is 2.26. The van der Waals surface area contributed by atoms with E-state index in [4.69, 9.17) is 4.74 Å². The van der Waals surface area contributed by atoms with Gasteiger partial charge in [-0.15, -0.1) is 0 Å². The average Bonchev–Trinajstić information content (AvgIpc) is 3.36. The van der Waals surface area contributed by atoms with E-state index in [-0.39, 0.29) is 17.4 Å². The van der Waals surface area contributed by atoms with Gasteiger partial charge in [0.1, 0.15) is 0 Å². The standard InChI is InChI=1S/C16H17N3O3/c1-22-13(11-5-3-2-4-6-11)15(20)18-14-16(21)19(10-9-17-14)12-7-8-12/h2-6,9-10,12-13H,7-8H2,1H3,(H,17,18,20)/t13-/m1/s1. The fraction of sp³-hybridized carbons (Fsp3) is 0.312. The molecule has 1 aromatic carbocycles. The van der Waals surface area contributed by atoms with Crippen molar-refractivity contribution < 1.29 is 9.53 Å². The summed E-state index contributed by atoms with van der Waals surface area (Å²) in [5, 5.41) is 2.57. The van der Waals surface area contributed by atoms with Crippen molar-refractivity contribution in [1.82, 2.24) is 9.55 Å². The second-order valence-corrected chi connectivity index (χ2v) is 5.24. The summed E-state index contributed by atoms with van der Waals surface area (Å²) in [5.74, 6) is -0.371. The van der Waals surface area contributed by atoms with Gasteiger partial charge >= 0.3 is 0 Å². The van der Waals surface area contributed by atoms with E-state index in [9.17, 15) is 9.59 Å². The summed E-state index contributed by atoms with van der Waals surface area (Å²) in [7, 11) is 1.46. The fourth-order valence-electron chi connectivity index (χ4n) is 2.36. The zero-order valence-electron chi connectivity index (χ0n) is 12.2. The summed E-state index contributed by atoms with van der Waals surface area (Å²) in [4.78, 5) is 28.6. The lowest BCUT2D eigenvalue weighted by Crippen LogP contribution is -2.29. The Bertz CT molecular complexity index is 723. The normalized spacial score (nSPS) is 15.3. The SMILES string of the molecule is CO[C@@H](C(=O)Nc1nccn(C2CC2)c1=O)c1ccccc1. The van der Waals surface area contributed by atoms with Crippen LogP contribution in [-0.4, -0.2) is 22.6 Å². The van der Waals surface area contributed by atoms with Crippen LogP contribution in [0.1, 0.15) is 30.6 Å². The predicted octanol–water partition coefficient (Wildman–Crippen LogP) is 1.90. The lowest BCUT2D eigenvalue weighted by atomic mass is 10.1. The number of anilines is 1. The maximum absolute atomic E-state index is 12.4. The third-order valence-corrected chi connectivity index (χ3v) is 3.63. The van der Waals surface area contributed by atoms with Gasteiger partial charge in [-0.1, -0.05) is 30.3 Å². The summed E-state index contributed by atoms with van der Waals surface area (Å²) < 4.78 is 6.87. The first-order chi connectivity index (χ1) is 10.7. The number of carbonyl (C=O) groups excluding carboxylic acids is 1. The number of rotatable bonds is 5. The Kier molecular flexibility index (Phi) is 4.02. The highest BCUT2D eigenvalue weighted by atomic mass is 16.5. The van der Waals surface area contributed by atoms with Gasteiger partial charge in [0.2, 0.25) is 0 Å². The Morgan fingerprint density at radius 2 is 2.09 bits per heavy atom. The van der Waals surface area contributed by atoms with Crippen molar-refractivity contribution in [3.8, 4) is 0 Å². The van der Waals surface area contributed by atoms with Crippen molar-refractivity contribution in [2.75, 3.05) is 12.4 Å². The van der Waals surface area contributed by atoms with Crippen LogP contribution in [0.15, 0.2) is 47.5 Å². The zero-order valence-corrected chi connectivity index (χ0v) is 12.2. The van der Waals surface area contributed by atoms with Crippen molar-refractivity contribution in [2.24, 2.45) is 0 Å². The third kappa shape index (κ3) is 2.92. The topological polar surface area (TPSA) is 73.2 Å². The highest BCUT2D eigenvalue weighted by Crippen LogP contribution is 2.33. The Labute approximate surface area is 127 Å². The second kappa shape index (κ2) is 6.11. The van der Waals surface area contributed by atoms with E-state index in [2.05, 4.69) is 10.3 Å². The van der Waals surface area contributed by atoms with Gasteiger partial charge < -0.3 is 14.6 Å². The number of ether oxygens (including phenoxy) is 1. The minimum Gasteiger partial charge on any atom is -0.367 e. The van der Waals surface area contributed by atoms with Gasteiger partial charge in [-0.05, 0) is 18.4 Å². The molecule has 1 atom stereocenters. The molecule has 114 valence electrons. The van der Waals surface area contributed by atoms with Crippen molar-refractivity contribution in [2.45, 2.75) is 25.0 Å². The van der Waals surface area contributed by atoms with Gasteiger partial charge in [-0.3, -0.25) is 9.59 Å². The number of nitrogens with zero attached hydrogens (tertiary/aromatic N) is 2. The lowest BCUT2D eigenvalue weighted by Gasteiger charge is -2.15. The van der Waals surface area contributed by atoms with E-state index in [1.54, 1.807) is 22.9 Å². The molecule has 0 bridgehead atoms. The third-order valence-electron chi connectivity index (χ3n) is 3.63. The second-order valence-electron chi connectivity index (χ2n) is 5.24. The van der Waals surface area contributed by atoms with Crippen molar-refractivity contribution in [1.29, 1.82) is 0 Å². The number of carbonyl (C=O) groups is 1. The quantitative estimate of drug-likeness (QED) is 0.915. The van der Waals surface area contributed by atoms with E-state index in [1.807, 2.05) is 18.2 Å². The van der Waals surface area contributed by atoms with Crippen LogP contribution in [0.25, 0.3) is 0 Å². The Balaban J connectivity index is 1.82. The maximum atomic E-state index is 12.4. The number of nitrogens with one attached hydrogen (secondary N) is 1. The zero-order chi connectivity index (χ0) is 15.5. The van der Waals surface area contributed by atoms with E-state index >= 15 is 0 Å². The molecule has 22 heavy (non-hydrogen) atoms. The first-order valence-corrected chi connectivity index (χ1v) is 7.16. The molecule has 6 nitrogen and oxygen atoms in total. The Morgan fingerprint density at radius 1 is 1.36 bits per heavy atom. The monoisotopic (exact) mass is 299 g/mol. The number of aromatic nitrogens is 2. The van der Waals surface area contributed by atoms with Crippen LogP contribution in [0, 0.1) is 0 Å². The number of amides is 1. The van der Waals surface area contributed by atoms with Gasteiger partial charge in [-0.2, -0.15) is 0 Å². The molecule has 0 radical (unpaired) electrons. The Morgan fingerprint density at radius 3 is 2.73 bits per heavy atom. The summed E-state index contributed by atoms with van der Waals surface area (Å²) >= 11 is 0. The largest absolute Gasteiger partial charge is 0.367 e. The van der Waals surface area contributed by atoms with Crippen LogP contribution in [0.3, 0.4) is 0 Å². The van der Waals surface area contributed by atoms with Crippen molar-refractivity contribution in [3.63, 3.8) is 0 Å². The molecule has 2 aromatic rings. The highest BCUT2D eigenvalue weighted by molar-refractivity contribution is 5.93. The molecular formula is C16H17N3O3. The first kappa shape index (κ1) is 14.5. The fourth-order valence-corrected chi connectivity index (χ4v) is 2.36. The van der Waals surface area contributed by atoms with Gasteiger partial charge in [0.25, 0.3) is 11.5 Å². The minimum absolute atomic E-state index is 0.0392. The average molecular weight is 299 g/mol. The van der Waals surface area contributed by atoms with Crippen LogP contribution in [0.5, 0.6) is 0 Å². The van der Waals surface area contributed by atoms with E-state index in [0.717, 1.165) is 18.4 Å². The number of methoxy groups -OCH3 is 1. The number of benzene rings is 1. The smallest absolute Gasteiger partial charge is 0.293 e. The molecule has 1 N–H and O–H groups in total. The predicted molar refractivity (Wildman–Crippen MR) is 81.6 cm³/mol. The van der Waals surface area contributed by atoms with Crippen LogP contribution in [-0.2, 0) is 9.53 Å². The summed E-state index contributed by atoms with van der Waals surface area (Å²) in [6, 6.07) is 9.36. The van der Waals surface area contributed by atoms with E-state index < -0.39 is 12.0 Å². The molecule has 1 amide bonds. The van der Waals surface area contributed by atoms with Crippen LogP contribution in [0.2, 0.25) is 0 Å². The van der Waals surface area contributed by atoms with Crippen LogP contribution >= 0.6 is 0 Å². The molecule has 1 saturated carbocycles. The summed E-state index contributed by atoms with van der Waals surface area (Å²) in [5.41, 5.74) is 0.446. The summed E-state index contributed by atoms with van der Waals surface area (Å²) in [6.07, 6.45) is 4.38. The van der Waals surface area contributed by atoms with Crippen LogP contribution < -0.4 is 10.9 Å². The van der Waals surface area contributed by atoms with Crippen molar-refractivity contribution >= 4 is 11.7 Å². The minimum atomic E-state index is -0.781. The molecule has 1 aliphatic rings. The Hall–Kier alpha value is -2.47. The molecule has 6 heteroatoms. The number of hydrogen-bond acceptors (Lipinski definition) is 4. The van der Waals surface area contributed by atoms with E-state index in [0.29, 0.717) is 0 Å². The molecule has 0 spiro atoms. The maximum Gasteiger partial charge on any atom is 0.293 e.